The molecule has 1 aromatic carbocycles. The molecule has 0 spiro atoms. The minimum Gasteiger partial charge on any atom is -0.396 e. The van der Waals surface area contributed by atoms with Gasteiger partial charge in [0.15, 0.2) is 5.78 Å². The molecule has 5 heteroatoms. The van der Waals surface area contributed by atoms with Crippen LogP contribution in [0.5, 0.6) is 0 Å². The lowest BCUT2D eigenvalue weighted by atomic mass is 9.85. The zero-order valence-corrected chi connectivity index (χ0v) is 12.6. The maximum atomic E-state index is 12.8. The van der Waals surface area contributed by atoms with Crippen LogP contribution in [0, 0.1) is 11.7 Å². The monoisotopic (exact) mass is 307 g/mol. The average Bonchev–Trinajstić information content (AvgIpc) is 2.54. The summed E-state index contributed by atoms with van der Waals surface area (Å²) in [6.45, 7) is 0.0828. The van der Waals surface area contributed by atoms with Gasteiger partial charge >= 0.3 is 0 Å². The molecule has 2 N–H and O–H groups in total. The molecule has 2 unspecified atom stereocenters. The van der Waals surface area contributed by atoms with Crippen molar-refractivity contribution in [3.8, 4) is 0 Å². The fraction of sp³-hybridized carbons (Fsp3) is 0.529. The van der Waals surface area contributed by atoms with Crippen LogP contribution >= 0.6 is 0 Å². The first-order valence-corrected chi connectivity index (χ1v) is 7.79. The third-order valence-corrected chi connectivity index (χ3v) is 4.24. The predicted molar refractivity (Wildman–Crippen MR) is 80.9 cm³/mol. The fourth-order valence-corrected chi connectivity index (χ4v) is 2.90. The lowest BCUT2D eigenvalue weighted by molar-refractivity contribution is -0.122. The summed E-state index contributed by atoms with van der Waals surface area (Å²) >= 11 is 0. The number of hydrogen-bond donors (Lipinski definition) is 2. The number of aliphatic hydroxyl groups is 1. The van der Waals surface area contributed by atoms with E-state index in [1.165, 1.54) is 24.3 Å². The summed E-state index contributed by atoms with van der Waals surface area (Å²) in [4.78, 5) is 23.9. The topological polar surface area (TPSA) is 66.4 Å². The third kappa shape index (κ3) is 4.63. The van der Waals surface area contributed by atoms with Crippen LogP contribution in [0.2, 0.25) is 0 Å². The first-order chi connectivity index (χ1) is 10.6. The number of nitrogens with one attached hydrogen (secondary N) is 1. The van der Waals surface area contributed by atoms with Gasteiger partial charge in [0.1, 0.15) is 5.82 Å². The number of carbonyl (C=O) groups excluding carboxylic acids is 2. The van der Waals surface area contributed by atoms with E-state index in [9.17, 15) is 19.1 Å². The molecule has 0 saturated heterocycles. The van der Waals surface area contributed by atoms with Crippen LogP contribution in [0.4, 0.5) is 4.39 Å². The highest BCUT2D eigenvalue weighted by Crippen LogP contribution is 2.24. The van der Waals surface area contributed by atoms with Gasteiger partial charge in [0.05, 0.1) is 0 Å². The van der Waals surface area contributed by atoms with E-state index in [0.717, 1.165) is 25.7 Å². The van der Waals surface area contributed by atoms with E-state index in [0.29, 0.717) is 5.56 Å². The smallest absolute Gasteiger partial charge is 0.220 e. The van der Waals surface area contributed by atoms with E-state index in [1.807, 2.05) is 0 Å². The summed E-state index contributed by atoms with van der Waals surface area (Å²) in [6.07, 6.45) is 4.16. The second-order valence-electron chi connectivity index (χ2n) is 5.83. The second kappa shape index (κ2) is 8.03. The van der Waals surface area contributed by atoms with E-state index in [1.54, 1.807) is 0 Å². The SMILES string of the molecule is O=C(CCC(=O)c1ccc(F)cc1)NC1CCCCC1CO. The summed E-state index contributed by atoms with van der Waals surface area (Å²) in [7, 11) is 0. The molecule has 1 saturated carbocycles. The molecule has 1 fully saturated rings. The zero-order valence-electron chi connectivity index (χ0n) is 12.6. The molecule has 0 aliphatic heterocycles. The Morgan fingerprint density at radius 2 is 1.82 bits per heavy atom. The molecule has 120 valence electrons. The van der Waals surface area contributed by atoms with Crippen LogP contribution in [0.3, 0.4) is 0 Å². The average molecular weight is 307 g/mol. The van der Waals surface area contributed by atoms with Crippen molar-refractivity contribution in [2.24, 2.45) is 5.92 Å². The highest BCUT2D eigenvalue weighted by Gasteiger charge is 2.25. The van der Waals surface area contributed by atoms with Gasteiger partial charge in [-0.2, -0.15) is 0 Å². The van der Waals surface area contributed by atoms with Crippen LogP contribution in [0.25, 0.3) is 0 Å². The van der Waals surface area contributed by atoms with Gasteiger partial charge in [0, 0.05) is 37.0 Å². The summed E-state index contributed by atoms with van der Waals surface area (Å²) in [5.74, 6) is -0.606. The first-order valence-electron chi connectivity index (χ1n) is 7.79. The molecule has 1 amide bonds. The number of halogens is 1. The summed E-state index contributed by atoms with van der Waals surface area (Å²) in [5.41, 5.74) is 0.417. The standard InChI is InChI=1S/C17H22FNO3/c18-14-7-5-12(6-8-14)16(21)9-10-17(22)19-15-4-2-1-3-13(15)11-20/h5-8,13,15,20H,1-4,9-11H2,(H,19,22). The van der Waals surface area contributed by atoms with Gasteiger partial charge in [0.2, 0.25) is 5.91 Å². The lowest BCUT2D eigenvalue weighted by Crippen LogP contribution is -2.43. The Hall–Kier alpha value is -1.75. The van der Waals surface area contributed by atoms with Gasteiger partial charge in [-0.25, -0.2) is 4.39 Å². The molecule has 1 aromatic rings. The molecule has 4 nitrogen and oxygen atoms in total. The maximum absolute atomic E-state index is 12.8. The van der Waals surface area contributed by atoms with Crippen molar-refractivity contribution < 1.29 is 19.1 Å². The first kappa shape index (κ1) is 16.6. The number of amides is 1. The lowest BCUT2D eigenvalue weighted by Gasteiger charge is -2.30. The quantitative estimate of drug-likeness (QED) is 0.793. The molecule has 1 aliphatic rings. The molecular formula is C17H22FNO3. The normalized spacial score (nSPS) is 21.4. The number of rotatable bonds is 6. The largest absolute Gasteiger partial charge is 0.396 e. The van der Waals surface area contributed by atoms with Crippen molar-refractivity contribution in [1.82, 2.24) is 5.32 Å². The van der Waals surface area contributed by atoms with Crippen LogP contribution in [-0.2, 0) is 4.79 Å². The Morgan fingerprint density at radius 1 is 1.14 bits per heavy atom. The van der Waals surface area contributed by atoms with Crippen molar-refractivity contribution in [2.45, 2.75) is 44.6 Å². The second-order valence-corrected chi connectivity index (χ2v) is 5.83. The molecule has 0 bridgehead atoms. The Bertz CT molecular complexity index is 515. The van der Waals surface area contributed by atoms with E-state index in [2.05, 4.69) is 5.32 Å². The number of ketones is 1. The van der Waals surface area contributed by atoms with E-state index < -0.39 is 0 Å². The third-order valence-electron chi connectivity index (χ3n) is 4.24. The Balaban J connectivity index is 1.79. The van der Waals surface area contributed by atoms with Crippen molar-refractivity contribution >= 4 is 11.7 Å². The van der Waals surface area contributed by atoms with Crippen molar-refractivity contribution in [3.05, 3.63) is 35.6 Å². The molecule has 0 aromatic heterocycles. The number of benzene rings is 1. The summed E-state index contributed by atoms with van der Waals surface area (Å²) < 4.78 is 12.8. The van der Waals surface area contributed by atoms with Gasteiger partial charge in [-0.15, -0.1) is 0 Å². The fourth-order valence-electron chi connectivity index (χ4n) is 2.90. The highest BCUT2D eigenvalue weighted by atomic mass is 19.1. The number of aliphatic hydroxyl groups excluding tert-OH is 1. The van der Waals surface area contributed by atoms with Crippen molar-refractivity contribution in [1.29, 1.82) is 0 Å². The van der Waals surface area contributed by atoms with Crippen LogP contribution in [0.1, 0.15) is 48.9 Å². The molecule has 2 atom stereocenters. The van der Waals surface area contributed by atoms with Crippen molar-refractivity contribution in [2.75, 3.05) is 6.61 Å². The minimum atomic E-state index is -0.387. The van der Waals surface area contributed by atoms with Crippen LogP contribution in [-0.4, -0.2) is 29.4 Å². The van der Waals surface area contributed by atoms with Gasteiger partial charge < -0.3 is 10.4 Å². The highest BCUT2D eigenvalue weighted by molar-refractivity contribution is 5.97. The maximum Gasteiger partial charge on any atom is 0.220 e. The van der Waals surface area contributed by atoms with Crippen LogP contribution < -0.4 is 5.32 Å². The molecule has 0 heterocycles. The molecule has 2 rings (SSSR count). The molecule has 0 radical (unpaired) electrons. The number of Topliss-reactive ketones (excluding diaryl/α,β-unsaturated/α-hetero) is 1. The van der Waals surface area contributed by atoms with Gasteiger partial charge in [-0.3, -0.25) is 9.59 Å². The van der Waals surface area contributed by atoms with Gasteiger partial charge in [-0.05, 0) is 37.1 Å². The summed E-state index contributed by atoms with van der Waals surface area (Å²) in [6, 6.07) is 5.34. The Morgan fingerprint density at radius 3 is 2.50 bits per heavy atom. The van der Waals surface area contributed by atoms with E-state index in [4.69, 9.17) is 0 Å². The molecule has 22 heavy (non-hydrogen) atoms. The summed E-state index contributed by atoms with van der Waals surface area (Å²) in [5, 5.41) is 12.3. The van der Waals surface area contributed by atoms with Crippen LogP contribution in [0.15, 0.2) is 24.3 Å². The van der Waals surface area contributed by atoms with Crippen molar-refractivity contribution in [3.63, 3.8) is 0 Å². The van der Waals surface area contributed by atoms with E-state index in [-0.39, 0.29) is 48.9 Å². The van der Waals surface area contributed by atoms with Gasteiger partial charge in [-0.1, -0.05) is 12.8 Å². The van der Waals surface area contributed by atoms with E-state index >= 15 is 0 Å². The molecule has 1 aliphatic carbocycles. The number of hydrogen-bond acceptors (Lipinski definition) is 3. The predicted octanol–water partition coefficient (Wildman–Crippen LogP) is 2.46. The van der Waals surface area contributed by atoms with Gasteiger partial charge in [0.25, 0.3) is 0 Å². The minimum absolute atomic E-state index is 0.00664. The number of carbonyl (C=O) groups is 2. The Kier molecular flexibility index (Phi) is 6.07. The Labute approximate surface area is 129 Å². The molecular weight excluding hydrogens is 285 g/mol. The zero-order chi connectivity index (χ0) is 15.9.